The molecule has 0 saturated heterocycles. The summed E-state index contributed by atoms with van der Waals surface area (Å²) < 4.78 is 7.13. The Kier molecular flexibility index (Phi) is 4.08. The molecule has 0 aliphatic carbocycles. The van der Waals surface area contributed by atoms with E-state index in [1.54, 1.807) is 4.73 Å². The van der Waals surface area contributed by atoms with Gasteiger partial charge in [-0.15, -0.1) is 0 Å². The Hall–Kier alpha value is -2.38. The molecule has 7 heteroatoms. The second-order valence-electron chi connectivity index (χ2n) is 4.79. The van der Waals surface area contributed by atoms with Crippen molar-refractivity contribution < 1.29 is 9.57 Å². The lowest BCUT2D eigenvalue weighted by molar-refractivity contribution is 0.0793. The summed E-state index contributed by atoms with van der Waals surface area (Å²) in [7, 11) is 0. The Bertz CT molecular complexity index is 799. The minimum atomic E-state index is 0.337. The highest BCUT2D eigenvalue weighted by Gasteiger charge is 2.18. The van der Waals surface area contributed by atoms with Crippen LogP contribution in [0.25, 0.3) is 21.9 Å². The number of nitrogen functional groups attached to an aromatic ring is 1. The summed E-state index contributed by atoms with van der Waals surface area (Å²) in [5.74, 6) is 1.02. The Labute approximate surface area is 127 Å². The molecule has 0 amide bonds. The van der Waals surface area contributed by atoms with Crippen molar-refractivity contribution in [2.24, 2.45) is 5.73 Å². The van der Waals surface area contributed by atoms with Gasteiger partial charge in [0.1, 0.15) is 24.2 Å². The summed E-state index contributed by atoms with van der Waals surface area (Å²) in [5.41, 5.74) is 13.8. The Morgan fingerprint density at radius 1 is 1.23 bits per heavy atom. The van der Waals surface area contributed by atoms with E-state index in [2.05, 4.69) is 9.97 Å². The molecule has 7 nitrogen and oxygen atoms in total. The molecule has 0 radical (unpaired) electrons. The highest BCUT2D eigenvalue weighted by molar-refractivity contribution is 6.06. The molecule has 0 spiro atoms. The molecule has 1 aromatic carbocycles. The highest BCUT2D eigenvalue weighted by atomic mass is 16.7. The van der Waals surface area contributed by atoms with E-state index in [9.17, 15) is 0 Å². The molecule has 0 aliphatic rings. The van der Waals surface area contributed by atoms with Crippen LogP contribution in [0.2, 0.25) is 0 Å². The summed E-state index contributed by atoms with van der Waals surface area (Å²) >= 11 is 0. The summed E-state index contributed by atoms with van der Waals surface area (Å²) in [5, 5.41) is 0.930. The van der Waals surface area contributed by atoms with E-state index in [-0.39, 0.29) is 0 Å². The lowest BCUT2D eigenvalue weighted by Gasteiger charge is -2.11. The van der Waals surface area contributed by atoms with Gasteiger partial charge in [0.25, 0.3) is 0 Å². The predicted octanol–water partition coefficient (Wildman–Crippen LogP) is 1.09. The molecule has 0 atom stereocenters. The number of hydrogen-bond acceptors (Lipinski definition) is 6. The maximum Gasteiger partial charge on any atom is 0.172 e. The molecule has 22 heavy (non-hydrogen) atoms. The zero-order chi connectivity index (χ0) is 15.5. The van der Waals surface area contributed by atoms with Crippen LogP contribution in [0.15, 0.2) is 24.3 Å². The van der Waals surface area contributed by atoms with E-state index in [0.717, 1.165) is 16.4 Å². The molecule has 0 fully saturated rings. The first kappa shape index (κ1) is 14.6. The first-order valence-electron chi connectivity index (χ1n) is 7.23. The van der Waals surface area contributed by atoms with Crippen LogP contribution in [0.1, 0.15) is 12.7 Å². The normalized spacial score (nSPS) is 11.4. The van der Waals surface area contributed by atoms with Crippen molar-refractivity contribution in [3.8, 4) is 0 Å². The molecular formula is C15H19N5O2. The molecule has 2 aromatic heterocycles. The lowest BCUT2D eigenvalue weighted by Crippen LogP contribution is -2.21. The van der Waals surface area contributed by atoms with Crippen LogP contribution in [0, 0.1) is 0 Å². The van der Waals surface area contributed by atoms with E-state index in [4.69, 9.17) is 21.0 Å². The first-order chi connectivity index (χ1) is 10.8. The van der Waals surface area contributed by atoms with E-state index in [1.165, 1.54) is 0 Å². The molecule has 3 rings (SSSR count). The fourth-order valence-corrected chi connectivity index (χ4v) is 2.39. The summed E-state index contributed by atoms with van der Waals surface area (Å²) in [4.78, 5) is 14.7. The second kappa shape index (κ2) is 6.17. The van der Waals surface area contributed by atoms with Gasteiger partial charge in [0.15, 0.2) is 11.6 Å². The number of rotatable bonds is 6. The van der Waals surface area contributed by atoms with Crippen molar-refractivity contribution in [2.45, 2.75) is 13.5 Å². The zero-order valence-corrected chi connectivity index (χ0v) is 12.5. The summed E-state index contributed by atoms with van der Waals surface area (Å²) in [6.45, 7) is 3.64. The number of nitrogens with two attached hydrogens (primary N) is 2. The lowest BCUT2D eigenvalue weighted by atomic mass is 10.2. The third-order valence-electron chi connectivity index (χ3n) is 3.32. The average Bonchev–Trinajstić information content (AvgIpc) is 2.90. The number of benzene rings is 1. The van der Waals surface area contributed by atoms with Crippen molar-refractivity contribution in [2.75, 3.05) is 25.5 Å². The van der Waals surface area contributed by atoms with Crippen LogP contribution < -0.4 is 16.3 Å². The van der Waals surface area contributed by atoms with Gasteiger partial charge in [0.2, 0.25) is 0 Å². The zero-order valence-electron chi connectivity index (χ0n) is 12.5. The quantitative estimate of drug-likeness (QED) is 0.706. The van der Waals surface area contributed by atoms with E-state index in [1.807, 2.05) is 31.2 Å². The number of ether oxygens (including phenoxy) is 1. The number of pyridine rings is 1. The number of aromatic nitrogens is 3. The largest absolute Gasteiger partial charge is 0.411 e. The van der Waals surface area contributed by atoms with E-state index < -0.39 is 0 Å². The fraction of sp³-hybridized carbons (Fsp3) is 0.333. The number of imidazole rings is 1. The minimum Gasteiger partial charge on any atom is -0.411 e. The van der Waals surface area contributed by atoms with Gasteiger partial charge in [-0.2, -0.15) is 4.73 Å². The SMILES string of the molecule is CCOCc1nc2c(N)nc3ccccc3c2n1OCCN. The van der Waals surface area contributed by atoms with Gasteiger partial charge in [-0.25, -0.2) is 9.97 Å². The first-order valence-corrected chi connectivity index (χ1v) is 7.23. The van der Waals surface area contributed by atoms with Crippen LogP contribution in [0.4, 0.5) is 5.82 Å². The Morgan fingerprint density at radius 3 is 2.82 bits per heavy atom. The minimum absolute atomic E-state index is 0.337. The van der Waals surface area contributed by atoms with Gasteiger partial charge >= 0.3 is 0 Å². The second-order valence-corrected chi connectivity index (χ2v) is 4.79. The highest BCUT2D eigenvalue weighted by Crippen LogP contribution is 2.28. The maximum atomic E-state index is 6.05. The van der Waals surface area contributed by atoms with Crippen molar-refractivity contribution in [3.05, 3.63) is 30.1 Å². The smallest absolute Gasteiger partial charge is 0.172 e. The van der Waals surface area contributed by atoms with Gasteiger partial charge < -0.3 is 21.0 Å². The standard InChI is InChI=1S/C15H19N5O2/c1-2-21-9-12-19-13-14(20(12)22-8-7-16)10-5-3-4-6-11(10)18-15(13)17/h3-6H,2,7-9,16H2,1H3,(H2,17,18). The predicted molar refractivity (Wildman–Crippen MR) is 85.3 cm³/mol. The fourth-order valence-electron chi connectivity index (χ4n) is 2.39. The van der Waals surface area contributed by atoms with Gasteiger partial charge in [-0.1, -0.05) is 18.2 Å². The van der Waals surface area contributed by atoms with Crippen molar-refractivity contribution in [1.29, 1.82) is 0 Å². The van der Waals surface area contributed by atoms with Gasteiger partial charge in [0.05, 0.1) is 5.52 Å². The molecule has 0 saturated carbocycles. The van der Waals surface area contributed by atoms with Crippen molar-refractivity contribution >= 4 is 27.8 Å². The topological polar surface area (TPSA) is 101 Å². The Balaban J connectivity index is 2.27. The van der Waals surface area contributed by atoms with Gasteiger partial charge in [-0.3, -0.25) is 0 Å². The summed E-state index contributed by atoms with van der Waals surface area (Å²) in [6.07, 6.45) is 0. The number of para-hydroxylation sites is 1. The molecule has 3 aromatic rings. The average molecular weight is 301 g/mol. The number of nitrogens with zero attached hydrogens (tertiary/aromatic N) is 3. The van der Waals surface area contributed by atoms with Gasteiger partial charge in [-0.05, 0) is 13.0 Å². The van der Waals surface area contributed by atoms with Crippen LogP contribution in [-0.4, -0.2) is 34.5 Å². The maximum absolute atomic E-state index is 6.05. The molecular weight excluding hydrogens is 282 g/mol. The molecule has 116 valence electrons. The molecule has 4 N–H and O–H groups in total. The van der Waals surface area contributed by atoms with Gasteiger partial charge in [0, 0.05) is 18.5 Å². The van der Waals surface area contributed by atoms with Crippen LogP contribution in [0.5, 0.6) is 0 Å². The third kappa shape index (κ3) is 2.44. The van der Waals surface area contributed by atoms with E-state index in [0.29, 0.717) is 43.5 Å². The number of anilines is 1. The summed E-state index contributed by atoms with van der Waals surface area (Å²) in [6, 6.07) is 7.75. The molecule has 0 bridgehead atoms. The Morgan fingerprint density at radius 2 is 2.05 bits per heavy atom. The molecule has 2 heterocycles. The third-order valence-corrected chi connectivity index (χ3v) is 3.32. The van der Waals surface area contributed by atoms with Crippen LogP contribution in [0.3, 0.4) is 0 Å². The van der Waals surface area contributed by atoms with E-state index >= 15 is 0 Å². The van der Waals surface area contributed by atoms with Crippen molar-refractivity contribution in [1.82, 2.24) is 14.7 Å². The van der Waals surface area contributed by atoms with Crippen molar-refractivity contribution in [3.63, 3.8) is 0 Å². The number of hydrogen-bond donors (Lipinski definition) is 2. The van der Waals surface area contributed by atoms with Crippen LogP contribution >= 0.6 is 0 Å². The van der Waals surface area contributed by atoms with Crippen LogP contribution in [-0.2, 0) is 11.3 Å². The molecule has 0 unspecified atom stereocenters. The monoisotopic (exact) mass is 301 g/mol. The number of fused-ring (bicyclic) bond motifs is 3. The molecule has 0 aliphatic heterocycles.